The van der Waals surface area contributed by atoms with Crippen LogP contribution in [0, 0.1) is 11.8 Å². The Morgan fingerprint density at radius 1 is 1.42 bits per heavy atom. The molecule has 2 N–H and O–H groups in total. The second-order valence-corrected chi connectivity index (χ2v) is 5.70. The summed E-state index contributed by atoms with van der Waals surface area (Å²) in [6.07, 6.45) is 2.84. The van der Waals surface area contributed by atoms with Gasteiger partial charge >= 0.3 is 12.0 Å². The van der Waals surface area contributed by atoms with Gasteiger partial charge in [-0.25, -0.2) is 9.59 Å². The smallest absolute Gasteiger partial charge is 0.326 e. The molecular weight excluding hydrogens is 244 g/mol. The molecule has 0 spiro atoms. The van der Waals surface area contributed by atoms with E-state index in [1.165, 1.54) is 0 Å². The van der Waals surface area contributed by atoms with Gasteiger partial charge in [0.2, 0.25) is 0 Å². The molecular formula is C14H26N2O3. The minimum Gasteiger partial charge on any atom is -0.480 e. The maximum atomic E-state index is 12.2. The van der Waals surface area contributed by atoms with Crippen LogP contribution in [0.25, 0.3) is 0 Å². The first-order valence-electron chi connectivity index (χ1n) is 7.18. The minimum atomic E-state index is -0.958. The van der Waals surface area contributed by atoms with Gasteiger partial charge in [0.1, 0.15) is 6.04 Å². The molecule has 0 radical (unpaired) electrons. The summed E-state index contributed by atoms with van der Waals surface area (Å²) in [6.45, 7) is 8.65. The zero-order valence-electron chi connectivity index (χ0n) is 12.3. The van der Waals surface area contributed by atoms with Crippen molar-refractivity contribution in [1.82, 2.24) is 10.2 Å². The Kier molecular flexibility index (Phi) is 5.63. The van der Waals surface area contributed by atoms with Gasteiger partial charge in [-0.05, 0) is 31.6 Å². The molecule has 1 aliphatic heterocycles. The lowest BCUT2D eigenvalue weighted by atomic mass is 9.92. The number of nitrogens with one attached hydrogen (secondary N) is 1. The second kappa shape index (κ2) is 6.78. The van der Waals surface area contributed by atoms with E-state index in [1.807, 2.05) is 20.8 Å². The standard InChI is InChI=1S/C14H26N2O3/c1-5-9(2)12(13(17)18)15-14(19)16-8-6-7-10(3)11(16)4/h9-12H,5-8H2,1-4H3,(H,15,19)(H,17,18). The minimum absolute atomic E-state index is 0.0704. The molecule has 0 aromatic heterocycles. The number of carbonyl (C=O) groups is 2. The number of amides is 2. The number of hydrogen-bond acceptors (Lipinski definition) is 2. The number of urea groups is 1. The first-order chi connectivity index (χ1) is 8.88. The van der Waals surface area contributed by atoms with Gasteiger partial charge in [0.15, 0.2) is 0 Å². The van der Waals surface area contributed by atoms with Crippen molar-refractivity contribution in [3.05, 3.63) is 0 Å². The number of piperidine rings is 1. The second-order valence-electron chi connectivity index (χ2n) is 5.70. The number of hydrogen-bond donors (Lipinski definition) is 2. The van der Waals surface area contributed by atoms with Crippen molar-refractivity contribution in [2.75, 3.05) is 6.54 Å². The van der Waals surface area contributed by atoms with Gasteiger partial charge in [0.25, 0.3) is 0 Å². The third kappa shape index (κ3) is 3.85. The molecule has 1 fully saturated rings. The van der Waals surface area contributed by atoms with E-state index in [4.69, 9.17) is 0 Å². The Balaban J connectivity index is 2.68. The van der Waals surface area contributed by atoms with Crippen molar-refractivity contribution < 1.29 is 14.7 Å². The highest BCUT2D eigenvalue weighted by atomic mass is 16.4. The fourth-order valence-electron chi connectivity index (χ4n) is 2.52. The lowest BCUT2D eigenvalue weighted by Crippen LogP contribution is -2.55. The van der Waals surface area contributed by atoms with Crippen LogP contribution in [0.2, 0.25) is 0 Å². The molecule has 2 amide bonds. The Hall–Kier alpha value is -1.26. The summed E-state index contributed by atoms with van der Waals surface area (Å²) >= 11 is 0. The van der Waals surface area contributed by atoms with E-state index in [-0.39, 0.29) is 18.0 Å². The fraction of sp³-hybridized carbons (Fsp3) is 0.857. The van der Waals surface area contributed by atoms with Gasteiger partial charge in [-0.3, -0.25) is 0 Å². The van der Waals surface area contributed by atoms with E-state index in [0.717, 1.165) is 19.3 Å². The molecule has 0 aliphatic carbocycles. The van der Waals surface area contributed by atoms with Crippen LogP contribution in [-0.4, -0.2) is 40.6 Å². The summed E-state index contributed by atoms with van der Waals surface area (Å²) in [4.78, 5) is 25.2. The molecule has 4 unspecified atom stereocenters. The maximum absolute atomic E-state index is 12.2. The van der Waals surface area contributed by atoms with Crippen molar-refractivity contribution in [3.63, 3.8) is 0 Å². The van der Waals surface area contributed by atoms with E-state index < -0.39 is 12.0 Å². The molecule has 1 heterocycles. The first-order valence-corrected chi connectivity index (χ1v) is 7.18. The highest BCUT2D eigenvalue weighted by molar-refractivity contribution is 5.83. The third-order valence-electron chi connectivity index (χ3n) is 4.39. The normalized spacial score (nSPS) is 26.6. The van der Waals surface area contributed by atoms with Gasteiger partial charge in [-0.15, -0.1) is 0 Å². The summed E-state index contributed by atoms with van der Waals surface area (Å²) in [5, 5.41) is 11.9. The average molecular weight is 270 g/mol. The van der Waals surface area contributed by atoms with E-state index >= 15 is 0 Å². The van der Waals surface area contributed by atoms with Gasteiger partial charge in [0, 0.05) is 12.6 Å². The Morgan fingerprint density at radius 2 is 2.05 bits per heavy atom. The topological polar surface area (TPSA) is 69.6 Å². The quantitative estimate of drug-likeness (QED) is 0.823. The fourth-order valence-corrected chi connectivity index (χ4v) is 2.52. The van der Waals surface area contributed by atoms with Crippen LogP contribution < -0.4 is 5.32 Å². The zero-order valence-corrected chi connectivity index (χ0v) is 12.3. The average Bonchev–Trinajstić information content (AvgIpc) is 2.37. The largest absolute Gasteiger partial charge is 0.480 e. The van der Waals surface area contributed by atoms with Gasteiger partial charge in [0.05, 0.1) is 0 Å². The number of rotatable bonds is 4. The molecule has 1 rings (SSSR count). The van der Waals surface area contributed by atoms with Crippen molar-refractivity contribution in [3.8, 4) is 0 Å². The number of likely N-dealkylation sites (tertiary alicyclic amines) is 1. The number of aliphatic carboxylic acids is 1. The van der Waals surface area contributed by atoms with Crippen LogP contribution in [0.15, 0.2) is 0 Å². The molecule has 4 atom stereocenters. The van der Waals surface area contributed by atoms with E-state index in [9.17, 15) is 14.7 Å². The van der Waals surface area contributed by atoms with Crippen LogP contribution >= 0.6 is 0 Å². The van der Waals surface area contributed by atoms with Gasteiger partial charge < -0.3 is 15.3 Å². The van der Waals surface area contributed by atoms with Crippen LogP contribution in [0.1, 0.15) is 47.0 Å². The Morgan fingerprint density at radius 3 is 2.58 bits per heavy atom. The summed E-state index contributed by atoms with van der Waals surface area (Å²) in [5.41, 5.74) is 0. The number of nitrogens with zero attached hydrogens (tertiary/aromatic N) is 1. The predicted octanol–water partition coefficient (Wildman–Crippen LogP) is 2.32. The zero-order chi connectivity index (χ0) is 14.6. The summed E-state index contributed by atoms with van der Waals surface area (Å²) in [7, 11) is 0. The van der Waals surface area contributed by atoms with Gasteiger partial charge in [-0.1, -0.05) is 27.2 Å². The van der Waals surface area contributed by atoms with Gasteiger partial charge in [-0.2, -0.15) is 0 Å². The predicted molar refractivity (Wildman–Crippen MR) is 74.0 cm³/mol. The summed E-state index contributed by atoms with van der Waals surface area (Å²) in [5.74, 6) is -0.564. The molecule has 5 heteroatoms. The van der Waals surface area contributed by atoms with E-state index in [1.54, 1.807) is 4.90 Å². The Labute approximate surface area is 115 Å². The molecule has 1 saturated heterocycles. The first kappa shape index (κ1) is 15.8. The van der Waals surface area contributed by atoms with Crippen molar-refractivity contribution in [2.24, 2.45) is 11.8 Å². The molecule has 19 heavy (non-hydrogen) atoms. The molecule has 5 nitrogen and oxygen atoms in total. The molecule has 0 saturated carbocycles. The van der Waals surface area contributed by atoms with Crippen molar-refractivity contribution in [1.29, 1.82) is 0 Å². The Bertz CT molecular complexity index is 333. The SMILES string of the molecule is CCC(C)C(NC(=O)N1CCCC(C)C1C)C(=O)O. The highest BCUT2D eigenvalue weighted by Gasteiger charge is 2.32. The van der Waals surface area contributed by atoms with Crippen molar-refractivity contribution in [2.45, 2.75) is 59.0 Å². The molecule has 0 bridgehead atoms. The monoisotopic (exact) mass is 270 g/mol. The lowest BCUT2D eigenvalue weighted by Gasteiger charge is -2.38. The number of carboxylic acid groups (broad SMARTS) is 1. The number of carboxylic acids is 1. The van der Waals surface area contributed by atoms with Crippen LogP contribution in [-0.2, 0) is 4.79 Å². The van der Waals surface area contributed by atoms with E-state index in [2.05, 4.69) is 12.2 Å². The molecule has 110 valence electrons. The highest BCUT2D eigenvalue weighted by Crippen LogP contribution is 2.23. The van der Waals surface area contributed by atoms with Crippen LogP contribution in [0.4, 0.5) is 4.79 Å². The van der Waals surface area contributed by atoms with E-state index in [0.29, 0.717) is 12.5 Å². The molecule has 0 aromatic rings. The summed E-state index contributed by atoms with van der Waals surface area (Å²) in [6, 6.07) is -0.881. The molecule has 0 aromatic carbocycles. The van der Waals surface area contributed by atoms with Crippen LogP contribution in [0.3, 0.4) is 0 Å². The third-order valence-corrected chi connectivity index (χ3v) is 4.39. The maximum Gasteiger partial charge on any atom is 0.326 e. The summed E-state index contributed by atoms with van der Waals surface area (Å²) < 4.78 is 0. The molecule has 1 aliphatic rings. The van der Waals surface area contributed by atoms with Crippen molar-refractivity contribution >= 4 is 12.0 Å². The lowest BCUT2D eigenvalue weighted by molar-refractivity contribution is -0.140. The van der Waals surface area contributed by atoms with Crippen LogP contribution in [0.5, 0.6) is 0 Å². The number of carbonyl (C=O) groups excluding carboxylic acids is 1.